The Labute approximate surface area is 281 Å². The van der Waals surface area contributed by atoms with E-state index >= 15 is 0 Å². The second-order valence-electron chi connectivity index (χ2n) is 17.0. The Morgan fingerprint density at radius 2 is 1.26 bits per heavy atom. The van der Waals surface area contributed by atoms with Gasteiger partial charge in [0, 0.05) is 10.8 Å². The smallest absolute Gasteiger partial charge is 0.243 e. The molecule has 47 heavy (non-hydrogen) atoms. The number of rotatable bonds is 8. The fraction of sp³-hybridized carbons (Fsp3) is 0.676. The van der Waals surface area contributed by atoms with E-state index in [2.05, 4.69) is 34.3 Å². The number of benzene rings is 1. The first-order chi connectivity index (χ1) is 21.9. The van der Waals surface area contributed by atoms with Crippen LogP contribution >= 0.6 is 0 Å². The molecule has 4 bridgehead atoms. The van der Waals surface area contributed by atoms with Crippen LogP contribution in [0.15, 0.2) is 54.6 Å². The van der Waals surface area contributed by atoms with Crippen molar-refractivity contribution >= 4 is 31.9 Å². The molecular formula is C37H50N2O6S2. The van der Waals surface area contributed by atoms with Crippen LogP contribution in [0.5, 0.6) is 0 Å². The highest BCUT2D eigenvalue weighted by molar-refractivity contribution is 7.90. The minimum atomic E-state index is -3.85. The third kappa shape index (κ3) is 4.55. The first-order valence-electron chi connectivity index (χ1n) is 17.4. The molecule has 2 amide bonds. The number of hydrogen-bond acceptors (Lipinski definition) is 6. The van der Waals surface area contributed by atoms with Gasteiger partial charge in [-0.2, -0.15) is 0 Å². The van der Waals surface area contributed by atoms with Crippen LogP contribution in [0.25, 0.3) is 0 Å². The number of carbonyl (C=O) groups excluding carboxylic acids is 2. The predicted molar refractivity (Wildman–Crippen MR) is 182 cm³/mol. The summed E-state index contributed by atoms with van der Waals surface area (Å²) in [5.41, 5.74) is 0.387. The lowest BCUT2D eigenvalue weighted by molar-refractivity contribution is -0.133. The maximum atomic E-state index is 14.5. The quantitative estimate of drug-likeness (QED) is 0.325. The van der Waals surface area contributed by atoms with E-state index in [1.165, 1.54) is 8.61 Å². The van der Waals surface area contributed by atoms with Crippen LogP contribution in [0.1, 0.15) is 85.1 Å². The SMILES string of the molecule is C=C(C)C[C@@H](/C=C/[C@H](Cc1ccccc1)C(=O)N1[C@H]2CC3CCC2(CS1(=O)=O)C3(C)C)C(=O)N1[C@H]2CC3CCC2(CS1(=O)=O)C3(C)C. The Bertz CT molecular complexity index is 1770. The molecule has 6 aliphatic rings. The highest BCUT2D eigenvalue weighted by Crippen LogP contribution is 2.71. The molecule has 0 aromatic heterocycles. The van der Waals surface area contributed by atoms with Crippen molar-refractivity contribution in [2.75, 3.05) is 11.5 Å². The molecule has 4 unspecified atom stereocenters. The van der Waals surface area contributed by atoms with Crippen LogP contribution in [0.2, 0.25) is 0 Å². The van der Waals surface area contributed by atoms with Crippen molar-refractivity contribution in [2.24, 2.45) is 45.3 Å². The molecule has 4 aliphatic carbocycles. The number of nitrogens with zero attached hydrogens (tertiary/aromatic N) is 2. The molecule has 2 saturated heterocycles. The molecule has 0 radical (unpaired) electrons. The molecular weight excluding hydrogens is 633 g/mol. The molecule has 256 valence electrons. The zero-order valence-corrected chi connectivity index (χ0v) is 30.1. The summed E-state index contributed by atoms with van der Waals surface area (Å²) in [5, 5.41) is 0. The van der Waals surface area contributed by atoms with Gasteiger partial charge in [-0.25, -0.2) is 25.4 Å². The molecule has 8 nitrogen and oxygen atoms in total. The Morgan fingerprint density at radius 3 is 1.70 bits per heavy atom. The molecule has 7 rings (SSSR count). The molecule has 2 heterocycles. The molecule has 1 aromatic rings. The zero-order valence-electron chi connectivity index (χ0n) is 28.4. The second-order valence-corrected chi connectivity index (χ2v) is 20.7. The van der Waals surface area contributed by atoms with Gasteiger partial charge in [-0.05, 0) is 86.5 Å². The van der Waals surface area contributed by atoms with Crippen molar-refractivity contribution in [3.63, 3.8) is 0 Å². The first-order valence-corrected chi connectivity index (χ1v) is 20.6. The van der Waals surface area contributed by atoms with Crippen LogP contribution < -0.4 is 0 Å². The summed E-state index contributed by atoms with van der Waals surface area (Å²) in [6.07, 6.45) is 8.81. The Balaban J connectivity index is 1.23. The van der Waals surface area contributed by atoms with Gasteiger partial charge in [0.25, 0.3) is 0 Å². The first kappa shape index (κ1) is 33.1. The number of fused-ring (bicyclic) bond motifs is 2. The Morgan fingerprint density at radius 1 is 0.809 bits per heavy atom. The van der Waals surface area contributed by atoms with Crippen molar-refractivity contribution in [3.8, 4) is 0 Å². The summed E-state index contributed by atoms with van der Waals surface area (Å²) in [7, 11) is -7.68. The molecule has 8 atom stereocenters. The molecule has 0 N–H and O–H groups in total. The van der Waals surface area contributed by atoms with E-state index in [1.807, 2.05) is 37.3 Å². The molecule has 4 saturated carbocycles. The lowest BCUT2D eigenvalue weighted by atomic mass is 9.69. The normalized spacial score (nSPS) is 37.6. The van der Waals surface area contributed by atoms with E-state index in [4.69, 9.17) is 0 Å². The monoisotopic (exact) mass is 682 g/mol. The third-order valence-electron chi connectivity index (χ3n) is 14.3. The van der Waals surface area contributed by atoms with Crippen LogP contribution in [0.3, 0.4) is 0 Å². The van der Waals surface area contributed by atoms with Gasteiger partial charge in [-0.3, -0.25) is 9.59 Å². The number of carbonyl (C=O) groups is 2. The minimum Gasteiger partial charge on any atom is -0.273 e. The third-order valence-corrected chi connectivity index (χ3v) is 18.2. The second kappa shape index (κ2) is 10.5. The van der Waals surface area contributed by atoms with E-state index in [0.29, 0.717) is 24.7 Å². The van der Waals surface area contributed by atoms with Gasteiger partial charge in [-0.15, -0.1) is 6.58 Å². The lowest BCUT2D eigenvalue weighted by Gasteiger charge is -2.37. The maximum Gasteiger partial charge on any atom is 0.243 e. The van der Waals surface area contributed by atoms with Crippen LogP contribution in [-0.4, -0.2) is 60.8 Å². The fourth-order valence-corrected chi connectivity index (χ4v) is 16.6. The van der Waals surface area contributed by atoms with E-state index < -0.39 is 54.5 Å². The number of hydrogen-bond donors (Lipinski definition) is 0. The molecule has 2 aliphatic heterocycles. The number of allylic oxidation sites excluding steroid dienone is 1. The van der Waals surface area contributed by atoms with Crippen molar-refractivity contribution in [3.05, 3.63) is 60.2 Å². The Hall–Kier alpha value is -2.46. The highest BCUT2D eigenvalue weighted by Gasteiger charge is 2.73. The summed E-state index contributed by atoms with van der Waals surface area (Å²) >= 11 is 0. The zero-order chi connectivity index (χ0) is 33.9. The summed E-state index contributed by atoms with van der Waals surface area (Å²) in [5.74, 6) is -1.87. The van der Waals surface area contributed by atoms with Crippen molar-refractivity contribution in [2.45, 2.75) is 98.1 Å². The van der Waals surface area contributed by atoms with Crippen molar-refractivity contribution in [1.82, 2.24) is 8.61 Å². The largest absolute Gasteiger partial charge is 0.273 e. The van der Waals surface area contributed by atoms with Crippen LogP contribution in [-0.2, 0) is 36.1 Å². The van der Waals surface area contributed by atoms with E-state index in [-0.39, 0.29) is 47.3 Å². The molecule has 2 spiro atoms. The highest BCUT2D eigenvalue weighted by atomic mass is 32.2. The summed E-state index contributed by atoms with van der Waals surface area (Å²) in [4.78, 5) is 28.9. The topological polar surface area (TPSA) is 109 Å². The summed E-state index contributed by atoms with van der Waals surface area (Å²) in [6, 6.07) is 8.78. The van der Waals surface area contributed by atoms with Gasteiger partial charge in [0.05, 0.1) is 35.4 Å². The molecule has 10 heteroatoms. The van der Waals surface area contributed by atoms with Crippen LogP contribution in [0.4, 0.5) is 0 Å². The molecule has 6 fully saturated rings. The standard InChI is InChI=1S/C37H50N2O6S2/c1-24(2)18-26(32(40)38-30-20-28-14-16-36(30,34(28,3)4)22-46(38,42)43)12-13-27(19-25-10-8-7-9-11-25)33(41)39-31-21-29-15-17-37(31,35(29,5)6)23-47(39,44)45/h7-13,26-31H,1,14-23H2,2-6H3/b13-12+/t26-,27-,28?,29?,30+,31+,36?,37?/m1/s1. The minimum absolute atomic E-state index is 0.00810. The van der Waals surface area contributed by atoms with Gasteiger partial charge >= 0.3 is 0 Å². The maximum absolute atomic E-state index is 14.5. The average molecular weight is 683 g/mol. The van der Waals surface area contributed by atoms with Crippen molar-refractivity contribution in [1.29, 1.82) is 0 Å². The lowest BCUT2D eigenvalue weighted by Crippen LogP contribution is -2.46. The van der Waals surface area contributed by atoms with Gasteiger partial charge < -0.3 is 0 Å². The average Bonchev–Trinajstić information content (AvgIpc) is 3.67. The number of amides is 2. The van der Waals surface area contributed by atoms with Gasteiger partial charge in [0.1, 0.15) is 0 Å². The van der Waals surface area contributed by atoms with E-state index in [1.54, 1.807) is 12.2 Å². The van der Waals surface area contributed by atoms with Gasteiger partial charge in [0.15, 0.2) is 0 Å². The number of sulfonamides is 2. The van der Waals surface area contributed by atoms with E-state index in [9.17, 15) is 26.4 Å². The summed E-state index contributed by atoms with van der Waals surface area (Å²) < 4.78 is 57.6. The predicted octanol–water partition coefficient (Wildman–Crippen LogP) is 5.72. The summed E-state index contributed by atoms with van der Waals surface area (Å²) in [6.45, 7) is 14.5. The van der Waals surface area contributed by atoms with Crippen LogP contribution in [0, 0.1) is 45.3 Å². The fourth-order valence-electron chi connectivity index (χ4n) is 11.5. The van der Waals surface area contributed by atoms with Gasteiger partial charge in [0.2, 0.25) is 31.9 Å². The van der Waals surface area contributed by atoms with Crippen molar-refractivity contribution < 1.29 is 26.4 Å². The van der Waals surface area contributed by atoms with Gasteiger partial charge in [-0.1, -0.05) is 75.8 Å². The van der Waals surface area contributed by atoms with E-state index in [0.717, 1.165) is 36.8 Å². The Kier molecular flexibility index (Phi) is 7.40. The molecule has 1 aromatic carbocycles.